The predicted octanol–water partition coefficient (Wildman–Crippen LogP) is 0.781. The summed E-state index contributed by atoms with van der Waals surface area (Å²) in [5.41, 5.74) is 5.61. The van der Waals surface area contributed by atoms with Gasteiger partial charge in [0.15, 0.2) is 0 Å². The largest absolute Gasteiger partial charge is 0.375 e. The molecule has 0 saturated heterocycles. The van der Waals surface area contributed by atoms with E-state index in [0.29, 0.717) is 6.42 Å². The van der Waals surface area contributed by atoms with Crippen LogP contribution in [0.2, 0.25) is 0 Å². The number of hydrogen-bond acceptors (Lipinski definition) is 4. The van der Waals surface area contributed by atoms with E-state index in [2.05, 4.69) is 9.97 Å². The quantitative estimate of drug-likeness (QED) is 0.646. The molecule has 1 heterocycles. The molecule has 76 valence electrons. The maximum absolute atomic E-state index is 10.0. The monoisotopic (exact) mass is 193 g/mol. The van der Waals surface area contributed by atoms with E-state index < -0.39 is 5.72 Å². The molecule has 1 fully saturated rings. The molecule has 14 heavy (non-hydrogen) atoms. The zero-order valence-electron chi connectivity index (χ0n) is 8.06. The van der Waals surface area contributed by atoms with E-state index in [4.69, 9.17) is 5.73 Å². The lowest BCUT2D eigenvalue weighted by molar-refractivity contribution is -0.0125. The molecule has 0 amide bonds. The molecule has 0 radical (unpaired) electrons. The highest BCUT2D eigenvalue weighted by Crippen LogP contribution is 2.36. The Morgan fingerprint density at radius 2 is 2.36 bits per heavy atom. The second kappa shape index (κ2) is 3.63. The summed E-state index contributed by atoms with van der Waals surface area (Å²) < 4.78 is 0. The first-order valence-electron chi connectivity index (χ1n) is 4.97. The summed E-state index contributed by atoms with van der Waals surface area (Å²) >= 11 is 0. The average Bonchev–Trinajstić information content (AvgIpc) is 2.18. The first kappa shape index (κ1) is 9.55. The van der Waals surface area contributed by atoms with Crippen molar-refractivity contribution in [3.8, 4) is 0 Å². The number of rotatable bonds is 1. The van der Waals surface area contributed by atoms with Gasteiger partial charge in [-0.15, -0.1) is 0 Å². The van der Waals surface area contributed by atoms with E-state index in [1.165, 1.54) is 6.33 Å². The van der Waals surface area contributed by atoms with Crippen LogP contribution < -0.4 is 5.73 Å². The van der Waals surface area contributed by atoms with E-state index >= 15 is 0 Å². The van der Waals surface area contributed by atoms with Gasteiger partial charge in [-0.2, -0.15) is 0 Å². The highest BCUT2D eigenvalue weighted by atomic mass is 16.3. The zero-order valence-corrected chi connectivity index (χ0v) is 8.06. The lowest BCUT2D eigenvalue weighted by Gasteiger charge is -2.36. The minimum Gasteiger partial charge on any atom is -0.375 e. The molecule has 1 aliphatic carbocycles. The molecule has 0 bridgehead atoms. The summed E-state index contributed by atoms with van der Waals surface area (Å²) in [6.07, 6.45) is 6.85. The Bertz CT molecular complexity index is 299. The first-order valence-corrected chi connectivity index (χ1v) is 4.97. The highest BCUT2D eigenvalue weighted by molar-refractivity contribution is 5.12. The van der Waals surface area contributed by atoms with Crippen molar-refractivity contribution in [2.75, 3.05) is 0 Å². The summed E-state index contributed by atoms with van der Waals surface area (Å²) in [5, 5.41) is 10.0. The van der Waals surface area contributed by atoms with Gasteiger partial charge in [0.25, 0.3) is 0 Å². The van der Waals surface area contributed by atoms with E-state index in [0.717, 1.165) is 25.0 Å². The van der Waals surface area contributed by atoms with Crippen molar-refractivity contribution < 1.29 is 5.11 Å². The minimum atomic E-state index is -1.09. The van der Waals surface area contributed by atoms with Gasteiger partial charge in [-0.25, -0.2) is 9.97 Å². The van der Waals surface area contributed by atoms with Crippen LogP contribution in [-0.2, 0) is 0 Å². The van der Waals surface area contributed by atoms with Crippen molar-refractivity contribution in [3.63, 3.8) is 0 Å². The van der Waals surface area contributed by atoms with Gasteiger partial charge in [-0.05, 0) is 25.3 Å². The van der Waals surface area contributed by atoms with Crippen LogP contribution in [0.4, 0.5) is 0 Å². The Morgan fingerprint density at radius 3 is 3.00 bits per heavy atom. The Morgan fingerprint density at radius 1 is 1.50 bits per heavy atom. The Labute approximate surface area is 83.2 Å². The number of nitrogens with zero attached hydrogens (tertiary/aromatic N) is 2. The van der Waals surface area contributed by atoms with Gasteiger partial charge in [-0.3, -0.25) is 0 Å². The molecule has 1 saturated carbocycles. The van der Waals surface area contributed by atoms with Crippen molar-refractivity contribution in [2.45, 2.75) is 37.3 Å². The van der Waals surface area contributed by atoms with Gasteiger partial charge in [0.1, 0.15) is 12.1 Å². The summed E-state index contributed by atoms with van der Waals surface area (Å²) in [6.45, 7) is 0. The molecule has 2 atom stereocenters. The normalized spacial score (nSPS) is 32.9. The van der Waals surface area contributed by atoms with Crippen molar-refractivity contribution >= 4 is 0 Å². The second-order valence-electron chi connectivity index (χ2n) is 3.92. The molecule has 1 aromatic heterocycles. The lowest BCUT2D eigenvalue weighted by Crippen LogP contribution is -2.47. The zero-order chi connectivity index (χ0) is 10.0. The van der Waals surface area contributed by atoms with Crippen LogP contribution in [0, 0.1) is 0 Å². The van der Waals surface area contributed by atoms with Crippen LogP contribution in [0.15, 0.2) is 18.6 Å². The summed E-state index contributed by atoms with van der Waals surface area (Å²) in [6, 6.07) is 1.83. The summed E-state index contributed by atoms with van der Waals surface area (Å²) in [7, 11) is 0. The van der Waals surface area contributed by atoms with Crippen LogP contribution in [0.25, 0.3) is 0 Å². The molecule has 0 aromatic carbocycles. The molecular weight excluding hydrogens is 178 g/mol. The molecule has 1 aliphatic rings. The molecule has 0 aliphatic heterocycles. The van der Waals surface area contributed by atoms with E-state index in [-0.39, 0.29) is 5.92 Å². The van der Waals surface area contributed by atoms with Crippen LogP contribution in [0.3, 0.4) is 0 Å². The molecular formula is C10H15N3O. The molecule has 4 heteroatoms. The molecule has 2 unspecified atom stereocenters. The highest BCUT2D eigenvalue weighted by Gasteiger charge is 2.36. The van der Waals surface area contributed by atoms with Gasteiger partial charge < -0.3 is 10.8 Å². The van der Waals surface area contributed by atoms with Crippen molar-refractivity contribution in [2.24, 2.45) is 5.73 Å². The van der Waals surface area contributed by atoms with Gasteiger partial charge in [0.2, 0.25) is 0 Å². The maximum atomic E-state index is 10.0. The maximum Gasteiger partial charge on any atom is 0.121 e. The Hall–Kier alpha value is -1.00. The summed E-state index contributed by atoms with van der Waals surface area (Å²) in [4.78, 5) is 8.00. The molecule has 0 spiro atoms. The molecule has 2 rings (SSSR count). The molecule has 4 nitrogen and oxygen atoms in total. The van der Waals surface area contributed by atoms with E-state index in [1.54, 1.807) is 6.20 Å². The van der Waals surface area contributed by atoms with Crippen molar-refractivity contribution in [1.29, 1.82) is 0 Å². The summed E-state index contributed by atoms with van der Waals surface area (Å²) in [5.74, 6) is -0.0424. The lowest BCUT2D eigenvalue weighted by atomic mass is 9.80. The van der Waals surface area contributed by atoms with Gasteiger partial charge in [-0.1, -0.05) is 6.42 Å². The third kappa shape index (κ3) is 1.76. The Kier molecular flexibility index (Phi) is 2.48. The SMILES string of the molecule is NC1(O)CCCCC1c1ccncn1. The van der Waals surface area contributed by atoms with Crippen LogP contribution in [-0.4, -0.2) is 20.8 Å². The average molecular weight is 193 g/mol. The smallest absolute Gasteiger partial charge is 0.121 e. The molecule has 1 aromatic rings. The van der Waals surface area contributed by atoms with Crippen molar-refractivity contribution in [3.05, 3.63) is 24.3 Å². The second-order valence-corrected chi connectivity index (χ2v) is 3.92. The number of nitrogens with two attached hydrogens (primary N) is 1. The minimum absolute atomic E-state index is 0.0424. The Balaban J connectivity index is 2.24. The third-order valence-corrected chi connectivity index (χ3v) is 2.89. The first-order chi connectivity index (χ1) is 6.70. The number of hydrogen-bond donors (Lipinski definition) is 2. The van der Waals surface area contributed by atoms with Gasteiger partial charge in [0, 0.05) is 12.1 Å². The van der Waals surface area contributed by atoms with E-state index in [9.17, 15) is 5.11 Å². The third-order valence-electron chi connectivity index (χ3n) is 2.89. The standard InChI is InChI=1S/C10H15N3O/c11-10(14)5-2-1-3-8(10)9-4-6-12-7-13-9/h4,6-8,14H,1-3,5,11H2. The predicted molar refractivity (Wildman–Crippen MR) is 52.4 cm³/mol. The van der Waals surface area contributed by atoms with Crippen LogP contribution in [0.5, 0.6) is 0 Å². The van der Waals surface area contributed by atoms with Gasteiger partial charge >= 0.3 is 0 Å². The van der Waals surface area contributed by atoms with E-state index in [1.807, 2.05) is 6.07 Å². The van der Waals surface area contributed by atoms with Crippen LogP contribution >= 0.6 is 0 Å². The fourth-order valence-corrected chi connectivity index (χ4v) is 2.09. The molecule has 3 N–H and O–H groups in total. The van der Waals surface area contributed by atoms with Gasteiger partial charge in [0.05, 0.1) is 5.69 Å². The number of aliphatic hydroxyl groups is 1. The van der Waals surface area contributed by atoms with Crippen molar-refractivity contribution in [1.82, 2.24) is 9.97 Å². The van der Waals surface area contributed by atoms with Crippen LogP contribution in [0.1, 0.15) is 37.3 Å². The number of aromatic nitrogens is 2. The fraction of sp³-hybridized carbons (Fsp3) is 0.600. The topological polar surface area (TPSA) is 72.0 Å². The fourth-order valence-electron chi connectivity index (χ4n) is 2.09.